The fourth-order valence-electron chi connectivity index (χ4n) is 2.02. The van der Waals surface area contributed by atoms with Crippen molar-refractivity contribution in [1.82, 2.24) is 5.32 Å². The first-order valence-electron chi connectivity index (χ1n) is 7.10. The van der Waals surface area contributed by atoms with E-state index in [9.17, 15) is 18.4 Å². The van der Waals surface area contributed by atoms with Crippen LogP contribution in [0.5, 0.6) is 0 Å². The van der Waals surface area contributed by atoms with Crippen molar-refractivity contribution in [2.24, 2.45) is 0 Å². The number of anilines is 1. The van der Waals surface area contributed by atoms with Crippen molar-refractivity contribution in [3.63, 3.8) is 0 Å². The van der Waals surface area contributed by atoms with Crippen LogP contribution in [-0.4, -0.2) is 18.9 Å². The van der Waals surface area contributed by atoms with E-state index in [1.54, 1.807) is 6.07 Å². The fourth-order valence-corrected chi connectivity index (χ4v) is 2.02. The summed E-state index contributed by atoms with van der Waals surface area (Å²) in [5, 5.41) is 4.70. The summed E-state index contributed by atoms with van der Waals surface area (Å²) >= 11 is 0. The van der Waals surface area contributed by atoms with Gasteiger partial charge in [0.15, 0.2) is 0 Å². The smallest absolute Gasteiger partial charge is 0.313 e. The minimum atomic E-state index is -0.917. The lowest BCUT2D eigenvalue weighted by Gasteiger charge is -2.08. The summed E-state index contributed by atoms with van der Waals surface area (Å²) in [6.07, 6.45) is 0. The van der Waals surface area contributed by atoms with Crippen molar-refractivity contribution in [3.05, 3.63) is 65.2 Å². The highest BCUT2D eigenvalue weighted by molar-refractivity contribution is 6.39. The molecule has 0 aliphatic rings. The van der Waals surface area contributed by atoms with Crippen LogP contribution in [0.15, 0.2) is 42.5 Å². The zero-order valence-electron chi connectivity index (χ0n) is 12.9. The maximum atomic E-state index is 13.5. The Morgan fingerprint density at radius 1 is 1.08 bits per heavy atom. The van der Waals surface area contributed by atoms with Crippen molar-refractivity contribution < 1.29 is 23.1 Å². The zero-order chi connectivity index (χ0) is 17.5. The topological polar surface area (TPSA) is 67.4 Å². The van der Waals surface area contributed by atoms with Crippen LogP contribution in [-0.2, 0) is 27.5 Å². The van der Waals surface area contributed by atoms with E-state index in [1.165, 1.54) is 37.4 Å². The second-order valence-electron chi connectivity index (χ2n) is 5.01. The average Bonchev–Trinajstić information content (AvgIpc) is 2.55. The lowest BCUT2D eigenvalue weighted by atomic mass is 10.1. The Morgan fingerprint density at radius 2 is 1.88 bits per heavy atom. The molecule has 2 rings (SSSR count). The molecule has 2 aromatic carbocycles. The summed E-state index contributed by atoms with van der Waals surface area (Å²) in [6, 6.07) is 9.51. The van der Waals surface area contributed by atoms with Gasteiger partial charge in [-0.05, 0) is 35.9 Å². The highest BCUT2D eigenvalue weighted by atomic mass is 19.1. The van der Waals surface area contributed by atoms with Crippen molar-refractivity contribution >= 4 is 17.5 Å². The third-order valence-corrected chi connectivity index (χ3v) is 3.15. The molecule has 0 bridgehead atoms. The number of hydrogen-bond acceptors (Lipinski definition) is 3. The van der Waals surface area contributed by atoms with Gasteiger partial charge in [-0.1, -0.05) is 12.1 Å². The van der Waals surface area contributed by atoms with Gasteiger partial charge < -0.3 is 15.4 Å². The number of halogens is 2. The molecular formula is C17H16F2N2O3. The lowest BCUT2D eigenvalue weighted by Crippen LogP contribution is -2.35. The molecule has 0 aromatic heterocycles. The Morgan fingerprint density at radius 3 is 2.58 bits per heavy atom. The molecule has 7 heteroatoms. The van der Waals surface area contributed by atoms with E-state index in [2.05, 4.69) is 10.6 Å². The highest BCUT2D eigenvalue weighted by Crippen LogP contribution is 2.12. The monoisotopic (exact) mass is 334 g/mol. The third-order valence-electron chi connectivity index (χ3n) is 3.15. The van der Waals surface area contributed by atoms with E-state index >= 15 is 0 Å². The SMILES string of the molecule is COCc1cc(CNC(=O)C(=O)Nc2cccc(F)c2)ccc1F. The van der Waals surface area contributed by atoms with E-state index in [4.69, 9.17) is 4.74 Å². The molecule has 0 aliphatic carbocycles. The van der Waals surface area contributed by atoms with Crippen LogP contribution in [0.4, 0.5) is 14.5 Å². The number of ether oxygens (including phenoxy) is 1. The van der Waals surface area contributed by atoms with Gasteiger partial charge >= 0.3 is 11.8 Å². The van der Waals surface area contributed by atoms with Gasteiger partial charge in [-0.3, -0.25) is 9.59 Å². The number of nitrogens with one attached hydrogen (secondary N) is 2. The summed E-state index contributed by atoms with van der Waals surface area (Å²) in [5.41, 5.74) is 1.16. The van der Waals surface area contributed by atoms with Crippen LogP contribution >= 0.6 is 0 Å². The molecule has 0 fully saturated rings. The van der Waals surface area contributed by atoms with Crippen LogP contribution < -0.4 is 10.6 Å². The Labute approximate surface area is 137 Å². The zero-order valence-corrected chi connectivity index (χ0v) is 12.9. The fraction of sp³-hybridized carbons (Fsp3) is 0.176. The number of carbonyl (C=O) groups is 2. The summed E-state index contributed by atoms with van der Waals surface area (Å²) in [7, 11) is 1.45. The molecule has 2 aromatic rings. The molecule has 0 radical (unpaired) electrons. The van der Waals surface area contributed by atoms with Crippen LogP contribution in [0, 0.1) is 11.6 Å². The van der Waals surface area contributed by atoms with Gasteiger partial charge in [-0.25, -0.2) is 8.78 Å². The molecule has 5 nitrogen and oxygen atoms in total. The molecule has 0 heterocycles. The Bertz CT molecular complexity index is 750. The average molecular weight is 334 g/mol. The second kappa shape index (κ2) is 8.16. The van der Waals surface area contributed by atoms with Crippen LogP contribution in [0.25, 0.3) is 0 Å². The highest BCUT2D eigenvalue weighted by Gasteiger charge is 2.14. The molecule has 0 unspecified atom stereocenters. The molecule has 126 valence electrons. The number of benzene rings is 2. The molecule has 0 atom stereocenters. The molecule has 24 heavy (non-hydrogen) atoms. The largest absolute Gasteiger partial charge is 0.380 e. The predicted molar refractivity (Wildman–Crippen MR) is 84.0 cm³/mol. The van der Waals surface area contributed by atoms with Gasteiger partial charge in [0.25, 0.3) is 0 Å². The Hall–Kier alpha value is -2.80. The first-order chi connectivity index (χ1) is 11.5. The number of hydrogen-bond donors (Lipinski definition) is 2. The molecule has 0 aliphatic heterocycles. The van der Waals surface area contributed by atoms with Gasteiger partial charge in [-0.2, -0.15) is 0 Å². The van der Waals surface area contributed by atoms with Gasteiger partial charge in [0, 0.05) is 24.9 Å². The van der Waals surface area contributed by atoms with Crippen molar-refractivity contribution in [2.45, 2.75) is 13.2 Å². The van der Waals surface area contributed by atoms with E-state index < -0.39 is 23.4 Å². The predicted octanol–water partition coefficient (Wildman–Crippen LogP) is 2.37. The van der Waals surface area contributed by atoms with Crippen LogP contribution in [0.2, 0.25) is 0 Å². The minimum Gasteiger partial charge on any atom is -0.380 e. The van der Waals surface area contributed by atoms with Gasteiger partial charge in [0.2, 0.25) is 0 Å². The first kappa shape index (κ1) is 17.6. The van der Waals surface area contributed by atoms with E-state index in [1.807, 2.05) is 0 Å². The number of carbonyl (C=O) groups excluding carboxylic acids is 2. The van der Waals surface area contributed by atoms with Gasteiger partial charge in [0.05, 0.1) is 6.61 Å². The molecule has 2 amide bonds. The van der Waals surface area contributed by atoms with Gasteiger partial charge in [0.1, 0.15) is 11.6 Å². The molecule has 2 N–H and O–H groups in total. The first-order valence-corrected chi connectivity index (χ1v) is 7.10. The van der Waals surface area contributed by atoms with Crippen molar-refractivity contribution in [2.75, 3.05) is 12.4 Å². The van der Waals surface area contributed by atoms with Crippen molar-refractivity contribution in [1.29, 1.82) is 0 Å². The summed E-state index contributed by atoms with van der Waals surface area (Å²) in [4.78, 5) is 23.5. The second-order valence-corrected chi connectivity index (χ2v) is 5.01. The summed E-state index contributed by atoms with van der Waals surface area (Å²) < 4.78 is 31.4. The van der Waals surface area contributed by atoms with Crippen LogP contribution in [0.3, 0.4) is 0 Å². The third kappa shape index (κ3) is 4.85. The Kier molecular flexibility index (Phi) is 5.97. The number of rotatable bonds is 5. The van der Waals surface area contributed by atoms with E-state index in [-0.39, 0.29) is 18.8 Å². The summed E-state index contributed by atoms with van der Waals surface area (Å²) in [6.45, 7) is 0.153. The molecular weight excluding hydrogens is 318 g/mol. The van der Waals surface area contributed by atoms with Gasteiger partial charge in [-0.15, -0.1) is 0 Å². The molecule has 0 spiro atoms. The molecule has 0 saturated carbocycles. The summed E-state index contributed by atoms with van der Waals surface area (Å²) in [5.74, 6) is -2.72. The maximum Gasteiger partial charge on any atom is 0.313 e. The van der Waals surface area contributed by atoms with Crippen LogP contribution in [0.1, 0.15) is 11.1 Å². The number of methoxy groups -OCH3 is 1. The standard InChI is InChI=1S/C17H16F2N2O3/c1-24-10-12-7-11(5-6-15(12)19)9-20-16(22)17(23)21-14-4-2-3-13(18)8-14/h2-8H,9-10H2,1H3,(H,20,22)(H,21,23). The quantitative estimate of drug-likeness (QED) is 0.825. The Balaban J connectivity index is 1.92. The van der Waals surface area contributed by atoms with E-state index in [0.717, 1.165) is 6.07 Å². The number of amides is 2. The normalized spacial score (nSPS) is 10.3. The molecule has 0 saturated heterocycles. The van der Waals surface area contributed by atoms with Crippen molar-refractivity contribution in [3.8, 4) is 0 Å². The van der Waals surface area contributed by atoms with E-state index in [0.29, 0.717) is 11.1 Å². The maximum absolute atomic E-state index is 13.5. The lowest BCUT2D eigenvalue weighted by molar-refractivity contribution is -0.136. The minimum absolute atomic E-state index is 0.0480.